The van der Waals surface area contributed by atoms with Crippen LogP contribution >= 0.6 is 0 Å². The van der Waals surface area contributed by atoms with Crippen molar-refractivity contribution in [3.63, 3.8) is 0 Å². The largest absolute Gasteiger partial charge is 0.382 e. The minimum absolute atomic E-state index is 0.310. The van der Waals surface area contributed by atoms with Crippen LogP contribution in [0, 0.1) is 0 Å². The van der Waals surface area contributed by atoms with E-state index in [0.717, 1.165) is 0 Å². The van der Waals surface area contributed by atoms with E-state index in [4.69, 9.17) is 0 Å². The van der Waals surface area contributed by atoms with Crippen LogP contribution in [0.3, 0.4) is 0 Å². The lowest BCUT2D eigenvalue weighted by atomic mass is 9.90. The molecule has 0 spiro atoms. The van der Waals surface area contributed by atoms with Crippen LogP contribution in [0.2, 0.25) is 0 Å². The van der Waals surface area contributed by atoms with Crippen molar-refractivity contribution in [2.75, 3.05) is 0 Å². The minimum Gasteiger partial charge on any atom is -0.382 e. The first-order valence-corrected chi connectivity index (χ1v) is 4.67. The highest BCUT2D eigenvalue weighted by Crippen LogP contribution is 2.19. The summed E-state index contributed by atoms with van der Waals surface area (Å²) in [6, 6.07) is 0. The van der Waals surface area contributed by atoms with Crippen LogP contribution in [0.15, 0.2) is 6.20 Å². The first-order valence-electron chi connectivity index (χ1n) is 4.67. The highest BCUT2D eigenvalue weighted by atomic mass is 16.3. The smallest absolute Gasteiger partial charge is 0.213 e. The van der Waals surface area contributed by atoms with Crippen molar-refractivity contribution in [3.8, 4) is 0 Å². The molecule has 0 fully saturated rings. The number of hydrogen-bond donors (Lipinski definition) is 1. The number of aliphatic hydroxyl groups is 1. The van der Waals surface area contributed by atoms with Crippen LogP contribution in [0.1, 0.15) is 37.2 Å². The Labute approximate surface area is 82.7 Å². The van der Waals surface area contributed by atoms with Gasteiger partial charge in [0.1, 0.15) is 11.3 Å². The summed E-state index contributed by atoms with van der Waals surface area (Å²) in [6.07, 6.45) is 2.17. The summed E-state index contributed by atoms with van der Waals surface area (Å²) in [4.78, 5) is 11.9. The van der Waals surface area contributed by atoms with Gasteiger partial charge in [-0.05, 0) is 12.8 Å². The van der Waals surface area contributed by atoms with Crippen molar-refractivity contribution in [3.05, 3.63) is 11.9 Å². The molecule has 0 saturated heterocycles. The molecule has 1 aromatic rings. The van der Waals surface area contributed by atoms with E-state index in [1.165, 1.54) is 10.9 Å². The van der Waals surface area contributed by atoms with E-state index in [0.29, 0.717) is 18.5 Å². The number of carbonyl (C=O) groups excluding carboxylic acids is 1. The molecule has 1 rings (SSSR count). The predicted molar refractivity (Wildman–Crippen MR) is 50.9 cm³/mol. The van der Waals surface area contributed by atoms with Crippen molar-refractivity contribution in [1.82, 2.24) is 15.0 Å². The molecule has 0 bridgehead atoms. The molecule has 0 atom stereocenters. The fraction of sp³-hybridized carbons (Fsp3) is 0.667. The van der Waals surface area contributed by atoms with Crippen LogP contribution in [0.5, 0.6) is 0 Å². The van der Waals surface area contributed by atoms with Crippen LogP contribution in [0.25, 0.3) is 0 Å². The molecule has 0 amide bonds. The van der Waals surface area contributed by atoms with Gasteiger partial charge in [0.05, 0.1) is 6.20 Å². The molecule has 0 aromatic carbocycles. The van der Waals surface area contributed by atoms with Gasteiger partial charge in [-0.15, -0.1) is 5.10 Å². The van der Waals surface area contributed by atoms with E-state index in [1.54, 1.807) is 20.9 Å². The molecule has 0 saturated carbocycles. The normalized spacial score (nSPS) is 11.7. The number of aromatic nitrogens is 3. The van der Waals surface area contributed by atoms with Crippen molar-refractivity contribution in [2.45, 2.75) is 32.3 Å². The Kier molecular flexibility index (Phi) is 3.00. The van der Waals surface area contributed by atoms with Gasteiger partial charge in [-0.3, -0.25) is 4.79 Å². The Hall–Kier alpha value is -1.23. The van der Waals surface area contributed by atoms with Crippen molar-refractivity contribution < 1.29 is 9.90 Å². The molecule has 0 radical (unpaired) electrons. The second-order valence-electron chi connectivity index (χ2n) is 3.31. The summed E-state index contributed by atoms with van der Waals surface area (Å²) in [5.41, 5.74) is -0.939. The lowest BCUT2D eigenvalue weighted by Crippen LogP contribution is -2.38. The highest BCUT2D eigenvalue weighted by Gasteiger charge is 2.34. The number of rotatable bonds is 4. The van der Waals surface area contributed by atoms with Gasteiger partial charge in [-0.25, -0.2) is 4.68 Å². The number of nitrogens with zero attached hydrogens (tertiary/aromatic N) is 3. The van der Waals surface area contributed by atoms with E-state index >= 15 is 0 Å². The van der Waals surface area contributed by atoms with Crippen LogP contribution in [-0.4, -0.2) is 31.5 Å². The summed E-state index contributed by atoms with van der Waals surface area (Å²) < 4.78 is 1.37. The molecule has 5 heteroatoms. The molecule has 0 aliphatic carbocycles. The van der Waals surface area contributed by atoms with Crippen LogP contribution in [-0.2, 0) is 7.05 Å². The predicted octanol–water partition coefficient (Wildman–Crippen LogP) is 0.549. The van der Waals surface area contributed by atoms with Gasteiger partial charge in [-0.1, -0.05) is 19.1 Å². The molecule has 1 aromatic heterocycles. The second kappa shape index (κ2) is 3.88. The maximum absolute atomic E-state index is 11.9. The van der Waals surface area contributed by atoms with E-state index in [-0.39, 0.29) is 5.78 Å². The van der Waals surface area contributed by atoms with Gasteiger partial charge in [0.25, 0.3) is 0 Å². The molecule has 1 N–H and O–H groups in total. The van der Waals surface area contributed by atoms with Crippen molar-refractivity contribution in [2.24, 2.45) is 7.05 Å². The first-order chi connectivity index (χ1) is 6.55. The number of carbonyl (C=O) groups is 1. The fourth-order valence-electron chi connectivity index (χ4n) is 1.30. The second-order valence-corrected chi connectivity index (χ2v) is 3.31. The van der Waals surface area contributed by atoms with Gasteiger partial charge < -0.3 is 5.11 Å². The molecule has 78 valence electrons. The van der Waals surface area contributed by atoms with Gasteiger partial charge >= 0.3 is 0 Å². The molecule has 0 aliphatic heterocycles. The topological polar surface area (TPSA) is 68.0 Å². The Morgan fingerprint density at radius 2 is 2.14 bits per heavy atom. The third-order valence-electron chi connectivity index (χ3n) is 2.54. The molecule has 0 unspecified atom stereocenters. The number of Topliss-reactive ketones (excluding diaryl/α,β-unsaturated/α-hetero) is 1. The number of ketones is 1. The van der Waals surface area contributed by atoms with Crippen LogP contribution in [0.4, 0.5) is 0 Å². The fourth-order valence-corrected chi connectivity index (χ4v) is 1.30. The van der Waals surface area contributed by atoms with Gasteiger partial charge in [-0.2, -0.15) is 0 Å². The number of aryl methyl sites for hydroxylation is 1. The SMILES string of the molecule is CCC(O)(CC)C(=O)c1cnnn1C. The third-order valence-corrected chi connectivity index (χ3v) is 2.54. The summed E-state index contributed by atoms with van der Waals surface area (Å²) >= 11 is 0. The molecular formula is C9H15N3O2. The van der Waals surface area contributed by atoms with E-state index in [2.05, 4.69) is 10.3 Å². The zero-order valence-corrected chi connectivity index (χ0v) is 8.69. The molecular weight excluding hydrogens is 182 g/mol. The lowest BCUT2D eigenvalue weighted by Gasteiger charge is -2.22. The summed E-state index contributed by atoms with van der Waals surface area (Å²) in [5.74, 6) is -0.310. The molecule has 14 heavy (non-hydrogen) atoms. The highest BCUT2D eigenvalue weighted by molar-refractivity contribution is 6.00. The third kappa shape index (κ3) is 1.68. The Morgan fingerprint density at radius 3 is 2.50 bits per heavy atom. The van der Waals surface area contributed by atoms with Gasteiger partial charge in [0.15, 0.2) is 0 Å². The standard InChI is InChI=1S/C9H15N3O2/c1-4-9(14,5-2)8(13)7-6-10-11-12(7)3/h6,14H,4-5H2,1-3H3. The Morgan fingerprint density at radius 1 is 1.57 bits per heavy atom. The van der Waals surface area contributed by atoms with Crippen molar-refractivity contribution >= 4 is 5.78 Å². The molecule has 1 heterocycles. The minimum atomic E-state index is -1.28. The van der Waals surface area contributed by atoms with Crippen LogP contribution < -0.4 is 0 Å². The van der Waals surface area contributed by atoms with E-state index in [9.17, 15) is 9.90 Å². The summed E-state index contributed by atoms with van der Waals surface area (Å²) in [7, 11) is 1.63. The Bertz CT molecular complexity index is 329. The number of hydrogen-bond acceptors (Lipinski definition) is 4. The van der Waals surface area contributed by atoms with Gasteiger partial charge in [0, 0.05) is 7.05 Å². The van der Waals surface area contributed by atoms with E-state index < -0.39 is 5.60 Å². The average molecular weight is 197 g/mol. The summed E-state index contributed by atoms with van der Waals surface area (Å²) in [5, 5.41) is 17.2. The average Bonchev–Trinajstić information content (AvgIpc) is 2.62. The maximum Gasteiger partial charge on any atom is 0.213 e. The van der Waals surface area contributed by atoms with E-state index in [1.807, 2.05) is 0 Å². The summed E-state index contributed by atoms with van der Waals surface area (Å²) in [6.45, 7) is 3.57. The zero-order chi connectivity index (χ0) is 10.8. The van der Waals surface area contributed by atoms with Gasteiger partial charge in [0.2, 0.25) is 5.78 Å². The Balaban J connectivity index is 3.01. The zero-order valence-electron chi connectivity index (χ0n) is 8.69. The molecule has 0 aliphatic rings. The van der Waals surface area contributed by atoms with Crippen molar-refractivity contribution in [1.29, 1.82) is 0 Å². The first kappa shape index (κ1) is 10.8. The quantitative estimate of drug-likeness (QED) is 0.716. The molecule has 5 nitrogen and oxygen atoms in total. The maximum atomic E-state index is 11.9. The lowest BCUT2D eigenvalue weighted by molar-refractivity contribution is 0.0268. The monoisotopic (exact) mass is 197 g/mol.